The highest BCUT2D eigenvalue weighted by Gasteiger charge is 2.09. The summed E-state index contributed by atoms with van der Waals surface area (Å²) in [6.45, 7) is 3.54. The highest BCUT2D eigenvalue weighted by Crippen LogP contribution is 2.01. The van der Waals surface area contributed by atoms with E-state index in [2.05, 4.69) is 4.98 Å². The van der Waals surface area contributed by atoms with Gasteiger partial charge in [0.2, 0.25) is 0 Å². The summed E-state index contributed by atoms with van der Waals surface area (Å²) in [6, 6.07) is 3.10. The van der Waals surface area contributed by atoms with E-state index in [0.29, 0.717) is 5.56 Å². The molecule has 0 aromatic carbocycles. The summed E-state index contributed by atoms with van der Waals surface area (Å²) in [6.07, 6.45) is 1.56. The Hall–Kier alpha value is -1.22. The SMILES string of the molecule is Cc1ccc(C(=O)C(C)N)cn1. The second kappa shape index (κ2) is 3.45. The minimum Gasteiger partial charge on any atom is -0.321 e. The number of aryl methyl sites for hydroxylation is 1. The molecule has 0 saturated carbocycles. The lowest BCUT2D eigenvalue weighted by Gasteiger charge is -2.03. The van der Waals surface area contributed by atoms with Crippen molar-refractivity contribution in [2.45, 2.75) is 19.9 Å². The third-order valence-electron chi connectivity index (χ3n) is 1.61. The molecule has 1 aromatic heterocycles. The normalized spacial score (nSPS) is 12.6. The number of rotatable bonds is 2. The van der Waals surface area contributed by atoms with E-state index in [9.17, 15) is 4.79 Å². The Morgan fingerprint density at radius 1 is 1.58 bits per heavy atom. The molecule has 0 amide bonds. The topological polar surface area (TPSA) is 56.0 Å². The van der Waals surface area contributed by atoms with Crippen molar-refractivity contribution >= 4 is 5.78 Å². The lowest BCUT2D eigenvalue weighted by atomic mass is 10.1. The van der Waals surface area contributed by atoms with Crippen LogP contribution in [0, 0.1) is 6.92 Å². The highest BCUT2D eigenvalue weighted by molar-refractivity contribution is 5.99. The zero-order valence-electron chi connectivity index (χ0n) is 7.24. The number of hydrogen-bond donors (Lipinski definition) is 1. The molecule has 0 fully saturated rings. The van der Waals surface area contributed by atoms with E-state index >= 15 is 0 Å². The first-order valence-corrected chi connectivity index (χ1v) is 3.83. The molecule has 0 radical (unpaired) electrons. The Morgan fingerprint density at radius 3 is 2.67 bits per heavy atom. The summed E-state index contributed by atoms with van der Waals surface area (Å²) in [5, 5.41) is 0. The Balaban J connectivity index is 2.90. The average Bonchev–Trinajstić information content (AvgIpc) is 2.04. The third-order valence-corrected chi connectivity index (χ3v) is 1.61. The smallest absolute Gasteiger partial charge is 0.180 e. The molecule has 1 unspecified atom stereocenters. The summed E-state index contributed by atoms with van der Waals surface area (Å²) >= 11 is 0. The molecule has 64 valence electrons. The number of aromatic nitrogens is 1. The summed E-state index contributed by atoms with van der Waals surface area (Å²) in [5.41, 5.74) is 6.91. The van der Waals surface area contributed by atoms with Crippen LogP contribution in [0.5, 0.6) is 0 Å². The fourth-order valence-corrected chi connectivity index (χ4v) is 0.876. The molecule has 0 bridgehead atoms. The van der Waals surface area contributed by atoms with Gasteiger partial charge in [0.25, 0.3) is 0 Å². The Kier molecular flexibility index (Phi) is 2.55. The number of Topliss-reactive ketones (excluding diaryl/α,β-unsaturated/α-hetero) is 1. The van der Waals surface area contributed by atoms with Crippen molar-refractivity contribution in [2.24, 2.45) is 5.73 Å². The number of nitrogens with zero attached hydrogens (tertiary/aromatic N) is 1. The number of carbonyl (C=O) groups excluding carboxylic acids is 1. The van der Waals surface area contributed by atoms with Crippen molar-refractivity contribution in [1.29, 1.82) is 0 Å². The highest BCUT2D eigenvalue weighted by atomic mass is 16.1. The van der Waals surface area contributed by atoms with Gasteiger partial charge < -0.3 is 5.73 Å². The average molecular weight is 164 g/mol. The molecule has 0 aliphatic rings. The first-order valence-electron chi connectivity index (χ1n) is 3.83. The van der Waals surface area contributed by atoms with Crippen LogP contribution in [-0.4, -0.2) is 16.8 Å². The standard InChI is InChI=1S/C9H12N2O/c1-6-3-4-8(5-11-6)9(12)7(2)10/h3-5,7H,10H2,1-2H3. The molecule has 12 heavy (non-hydrogen) atoms. The molecule has 1 heterocycles. The lowest BCUT2D eigenvalue weighted by Crippen LogP contribution is -2.26. The van der Waals surface area contributed by atoms with Gasteiger partial charge in [0.05, 0.1) is 6.04 Å². The maximum Gasteiger partial charge on any atom is 0.180 e. The predicted molar refractivity (Wildman–Crippen MR) is 47.0 cm³/mol. The summed E-state index contributed by atoms with van der Waals surface area (Å²) in [4.78, 5) is 15.3. The van der Waals surface area contributed by atoms with Gasteiger partial charge in [-0.15, -0.1) is 0 Å². The van der Waals surface area contributed by atoms with Crippen LogP contribution in [0.15, 0.2) is 18.3 Å². The lowest BCUT2D eigenvalue weighted by molar-refractivity contribution is 0.0967. The van der Waals surface area contributed by atoms with Crippen LogP contribution in [0.2, 0.25) is 0 Å². The van der Waals surface area contributed by atoms with E-state index in [0.717, 1.165) is 5.69 Å². The fraction of sp³-hybridized carbons (Fsp3) is 0.333. The van der Waals surface area contributed by atoms with Gasteiger partial charge in [0.15, 0.2) is 5.78 Å². The zero-order chi connectivity index (χ0) is 9.14. The maximum atomic E-state index is 11.3. The molecule has 1 rings (SSSR count). The van der Waals surface area contributed by atoms with Crippen LogP contribution in [0.4, 0.5) is 0 Å². The van der Waals surface area contributed by atoms with E-state index in [4.69, 9.17) is 5.73 Å². The Labute approximate surface area is 71.6 Å². The van der Waals surface area contributed by atoms with Crippen LogP contribution in [-0.2, 0) is 0 Å². The first-order chi connectivity index (χ1) is 5.61. The molecule has 0 spiro atoms. The van der Waals surface area contributed by atoms with E-state index < -0.39 is 6.04 Å². The molecule has 2 N–H and O–H groups in total. The van der Waals surface area contributed by atoms with Crippen molar-refractivity contribution < 1.29 is 4.79 Å². The van der Waals surface area contributed by atoms with E-state index in [1.54, 1.807) is 25.3 Å². The minimum absolute atomic E-state index is 0.0671. The number of pyridine rings is 1. The van der Waals surface area contributed by atoms with Crippen molar-refractivity contribution in [2.75, 3.05) is 0 Å². The molecule has 1 atom stereocenters. The Morgan fingerprint density at radius 2 is 2.25 bits per heavy atom. The molecule has 0 saturated heterocycles. The van der Waals surface area contributed by atoms with Gasteiger partial charge in [-0.2, -0.15) is 0 Å². The largest absolute Gasteiger partial charge is 0.321 e. The molecule has 0 aliphatic heterocycles. The van der Waals surface area contributed by atoms with Crippen molar-refractivity contribution in [3.05, 3.63) is 29.6 Å². The van der Waals surface area contributed by atoms with Crippen molar-refractivity contribution in [3.8, 4) is 0 Å². The van der Waals surface area contributed by atoms with E-state index in [-0.39, 0.29) is 5.78 Å². The number of hydrogen-bond acceptors (Lipinski definition) is 3. The number of nitrogens with two attached hydrogens (primary N) is 1. The quantitative estimate of drug-likeness (QED) is 0.661. The number of carbonyl (C=O) groups is 1. The van der Waals surface area contributed by atoms with Gasteiger partial charge in [0, 0.05) is 17.5 Å². The van der Waals surface area contributed by atoms with Gasteiger partial charge in [-0.3, -0.25) is 9.78 Å². The molecular weight excluding hydrogens is 152 g/mol. The molecule has 3 nitrogen and oxygen atoms in total. The zero-order valence-corrected chi connectivity index (χ0v) is 7.24. The van der Waals surface area contributed by atoms with Crippen molar-refractivity contribution in [1.82, 2.24) is 4.98 Å². The van der Waals surface area contributed by atoms with E-state index in [1.807, 2.05) is 6.92 Å². The van der Waals surface area contributed by atoms with Gasteiger partial charge in [0.1, 0.15) is 0 Å². The second-order valence-corrected chi connectivity index (χ2v) is 2.84. The molecule has 0 aliphatic carbocycles. The molecule has 1 aromatic rings. The predicted octanol–water partition coefficient (Wildman–Crippen LogP) is 0.920. The fourth-order valence-electron chi connectivity index (χ4n) is 0.876. The molecular formula is C9H12N2O. The van der Waals surface area contributed by atoms with Crippen molar-refractivity contribution in [3.63, 3.8) is 0 Å². The van der Waals surface area contributed by atoms with Gasteiger partial charge in [-0.25, -0.2) is 0 Å². The maximum absolute atomic E-state index is 11.3. The van der Waals surface area contributed by atoms with Gasteiger partial charge >= 0.3 is 0 Å². The summed E-state index contributed by atoms with van der Waals surface area (Å²) < 4.78 is 0. The first kappa shape index (κ1) is 8.87. The van der Waals surface area contributed by atoms with Crippen LogP contribution < -0.4 is 5.73 Å². The second-order valence-electron chi connectivity index (χ2n) is 2.84. The van der Waals surface area contributed by atoms with E-state index in [1.165, 1.54) is 0 Å². The van der Waals surface area contributed by atoms with Crippen LogP contribution in [0.25, 0.3) is 0 Å². The summed E-state index contributed by atoms with van der Waals surface area (Å²) in [5.74, 6) is -0.0671. The molecule has 3 heteroatoms. The Bertz CT molecular complexity index is 277. The van der Waals surface area contributed by atoms with Crippen LogP contribution in [0.3, 0.4) is 0 Å². The van der Waals surface area contributed by atoms with Crippen LogP contribution in [0.1, 0.15) is 23.0 Å². The minimum atomic E-state index is -0.450. The monoisotopic (exact) mass is 164 g/mol. The van der Waals surface area contributed by atoms with Crippen LogP contribution >= 0.6 is 0 Å². The number of ketones is 1. The van der Waals surface area contributed by atoms with Gasteiger partial charge in [-0.1, -0.05) is 0 Å². The van der Waals surface area contributed by atoms with Gasteiger partial charge in [-0.05, 0) is 26.0 Å². The third kappa shape index (κ3) is 1.89. The summed E-state index contributed by atoms with van der Waals surface area (Å²) in [7, 11) is 0.